The van der Waals surface area contributed by atoms with E-state index in [-0.39, 0.29) is 16.7 Å². The Morgan fingerprint density at radius 2 is 1.55 bits per heavy atom. The van der Waals surface area contributed by atoms with Crippen LogP contribution < -0.4 is 10.4 Å². The molecule has 1 atom stereocenters. The molecule has 1 aromatic heterocycles. The number of carbonyl (C=O) groups excluding carboxylic acids is 1. The van der Waals surface area contributed by atoms with Crippen molar-refractivity contribution in [2.24, 2.45) is 5.92 Å². The molecule has 0 aliphatic rings. The maximum absolute atomic E-state index is 12.4. The molecule has 1 unspecified atom stereocenters. The molecule has 0 bridgehead atoms. The van der Waals surface area contributed by atoms with Gasteiger partial charge < -0.3 is 8.84 Å². The Morgan fingerprint density at radius 1 is 1.00 bits per heavy atom. The van der Waals surface area contributed by atoms with Crippen LogP contribution in [0.1, 0.15) is 38.2 Å². The molecule has 162 valence electrons. The molecule has 3 aromatic rings. The third-order valence-corrected chi connectivity index (χ3v) is 11.8. The van der Waals surface area contributed by atoms with Gasteiger partial charge in [0.1, 0.15) is 0 Å². The molecule has 1 heterocycles. The number of ketones is 1. The summed E-state index contributed by atoms with van der Waals surface area (Å²) in [7, 11) is -2.59. The number of rotatable bonds is 8. The highest BCUT2D eigenvalue weighted by molar-refractivity contribution is 14.1. The normalized spacial score (nSPS) is 13.8. The highest BCUT2D eigenvalue weighted by Crippen LogP contribution is 2.37. The van der Waals surface area contributed by atoms with Crippen molar-refractivity contribution in [3.63, 3.8) is 0 Å². The zero-order valence-electron chi connectivity index (χ0n) is 18.5. The van der Waals surface area contributed by atoms with E-state index >= 15 is 0 Å². The average molecular weight is 545 g/mol. The summed E-state index contributed by atoms with van der Waals surface area (Å²) in [5.74, 6) is 0.321. The number of allylic oxidation sites excluding steroid dienone is 1. The molecule has 0 saturated heterocycles. The molecule has 0 N–H and O–H groups in total. The molecule has 0 radical (unpaired) electrons. The van der Waals surface area contributed by atoms with Crippen LogP contribution in [-0.2, 0) is 4.43 Å². The van der Waals surface area contributed by atoms with Gasteiger partial charge in [-0.25, -0.2) is 0 Å². The Balaban J connectivity index is 1.93. The van der Waals surface area contributed by atoms with Crippen LogP contribution in [-0.4, -0.2) is 20.7 Å². The SMILES string of the molecule is CC(CO[Si](c1ccccc1)(c1ccccc1)C(C)(C)C)/C(I)=C/C(=O)c1ccco1. The Labute approximate surface area is 199 Å². The number of carbonyl (C=O) groups is 1. The summed E-state index contributed by atoms with van der Waals surface area (Å²) in [6.07, 6.45) is 3.17. The lowest BCUT2D eigenvalue weighted by Crippen LogP contribution is -2.66. The van der Waals surface area contributed by atoms with Crippen molar-refractivity contribution in [3.8, 4) is 0 Å². The van der Waals surface area contributed by atoms with E-state index in [0.717, 1.165) is 3.58 Å². The maximum atomic E-state index is 12.4. The summed E-state index contributed by atoms with van der Waals surface area (Å²) in [6, 6.07) is 24.6. The minimum absolute atomic E-state index is 0.0748. The molecular formula is C26H29IO3Si. The van der Waals surface area contributed by atoms with Gasteiger partial charge in [0.2, 0.25) is 5.78 Å². The van der Waals surface area contributed by atoms with Gasteiger partial charge in [0.05, 0.1) is 6.26 Å². The van der Waals surface area contributed by atoms with Crippen LogP contribution in [0.4, 0.5) is 0 Å². The first kappa shape index (κ1) is 23.7. The van der Waals surface area contributed by atoms with Gasteiger partial charge >= 0.3 is 0 Å². The van der Waals surface area contributed by atoms with E-state index in [9.17, 15) is 4.79 Å². The predicted octanol–water partition coefficient (Wildman–Crippen LogP) is 5.99. The zero-order chi connectivity index (χ0) is 22.5. The second kappa shape index (κ2) is 10.1. The van der Waals surface area contributed by atoms with Crippen LogP contribution in [0.15, 0.2) is 93.1 Å². The third-order valence-electron chi connectivity index (χ3n) is 5.47. The van der Waals surface area contributed by atoms with E-state index in [2.05, 4.69) is 98.8 Å². The second-order valence-corrected chi connectivity index (χ2v) is 14.3. The Kier molecular flexibility index (Phi) is 7.72. The lowest BCUT2D eigenvalue weighted by molar-refractivity contribution is 0.102. The average Bonchev–Trinajstić information content (AvgIpc) is 3.29. The minimum Gasteiger partial charge on any atom is -0.461 e. The van der Waals surface area contributed by atoms with E-state index < -0.39 is 8.32 Å². The van der Waals surface area contributed by atoms with Gasteiger partial charge in [-0.1, -0.05) is 88.4 Å². The highest BCUT2D eigenvalue weighted by Gasteiger charge is 2.50. The predicted molar refractivity (Wildman–Crippen MR) is 138 cm³/mol. The smallest absolute Gasteiger partial charge is 0.261 e. The third kappa shape index (κ3) is 5.27. The quantitative estimate of drug-likeness (QED) is 0.151. The summed E-state index contributed by atoms with van der Waals surface area (Å²) < 4.78 is 13.2. The molecule has 0 saturated carbocycles. The molecular weight excluding hydrogens is 515 g/mol. The van der Waals surface area contributed by atoms with E-state index in [0.29, 0.717) is 12.4 Å². The zero-order valence-corrected chi connectivity index (χ0v) is 21.6. The summed E-state index contributed by atoms with van der Waals surface area (Å²) in [5.41, 5.74) is 0. The molecule has 0 aliphatic carbocycles. The molecule has 2 aromatic carbocycles. The number of furan rings is 1. The van der Waals surface area contributed by atoms with Crippen molar-refractivity contribution in [2.45, 2.75) is 32.7 Å². The van der Waals surface area contributed by atoms with Gasteiger partial charge in [0.15, 0.2) is 5.76 Å². The fourth-order valence-corrected chi connectivity index (χ4v) is 8.97. The van der Waals surface area contributed by atoms with Crippen LogP contribution in [0, 0.1) is 5.92 Å². The molecule has 5 heteroatoms. The highest BCUT2D eigenvalue weighted by atomic mass is 127. The summed E-state index contributed by atoms with van der Waals surface area (Å²) in [6.45, 7) is 9.44. The van der Waals surface area contributed by atoms with Crippen molar-refractivity contribution < 1.29 is 13.6 Å². The Morgan fingerprint density at radius 3 is 2.00 bits per heavy atom. The van der Waals surface area contributed by atoms with Crippen molar-refractivity contribution in [1.82, 2.24) is 0 Å². The van der Waals surface area contributed by atoms with Crippen molar-refractivity contribution in [3.05, 3.63) is 94.5 Å². The molecule has 0 aliphatic heterocycles. The molecule has 3 rings (SSSR count). The van der Waals surface area contributed by atoms with Crippen molar-refractivity contribution >= 4 is 47.1 Å². The van der Waals surface area contributed by atoms with Crippen LogP contribution in [0.25, 0.3) is 0 Å². The van der Waals surface area contributed by atoms with Crippen LogP contribution in [0.5, 0.6) is 0 Å². The van der Waals surface area contributed by atoms with Crippen LogP contribution >= 0.6 is 22.6 Å². The summed E-state index contributed by atoms with van der Waals surface area (Å²) in [4.78, 5) is 12.4. The second-order valence-electron chi connectivity index (χ2n) is 8.75. The van der Waals surface area contributed by atoms with Gasteiger partial charge in [-0.2, -0.15) is 0 Å². The van der Waals surface area contributed by atoms with Crippen LogP contribution in [0.3, 0.4) is 0 Å². The monoisotopic (exact) mass is 544 g/mol. The number of benzene rings is 2. The fourth-order valence-electron chi connectivity index (χ4n) is 3.85. The maximum Gasteiger partial charge on any atom is 0.261 e. The Hall–Kier alpha value is -1.96. The van der Waals surface area contributed by atoms with E-state index in [4.69, 9.17) is 8.84 Å². The number of halogens is 1. The van der Waals surface area contributed by atoms with E-state index in [1.807, 2.05) is 12.1 Å². The minimum atomic E-state index is -2.59. The first-order valence-electron chi connectivity index (χ1n) is 10.5. The number of hydrogen-bond donors (Lipinski definition) is 0. The summed E-state index contributed by atoms with van der Waals surface area (Å²) >= 11 is 2.24. The first-order valence-corrected chi connectivity index (χ1v) is 13.4. The van der Waals surface area contributed by atoms with E-state index in [1.54, 1.807) is 18.2 Å². The lowest BCUT2D eigenvalue weighted by Gasteiger charge is -2.43. The largest absolute Gasteiger partial charge is 0.461 e. The van der Waals surface area contributed by atoms with Crippen molar-refractivity contribution in [1.29, 1.82) is 0 Å². The van der Waals surface area contributed by atoms with Crippen LogP contribution in [0.2, 0.25) is 5.04 Å². The van der Waals surface area contributed by atoms with Gasteiger partial charge in [0.25, 0.3) is 8.32 Å². The standard InChI is InChI=1S/C26H29IO3Si/c1-20(23(27)18-24(28)25-16-11-17-29-25)19-30-31(26(2,3)4,21-12-7-5-8-13-21)22-14-9-6-10-15-22/h5-18,20H,19H2,1-4H3/b23-18-. The van der Waals surface area contributed by atoms with E-state index in [1.165, 1.54) is 16.6 Å². The molecule has 0 fully saturated rings. The summed E-state index contributed by atoms with van der Waals surface area (Å²) in [5, 5.41) is 2.44. The number of hydrogen-bond acceptors (Lipinski definition) is 3. The van der Waals surface area contributed by atoms with Gasteiger partial charge in [-0.05, 0) is 59.8 Å². The molecule has 0 spiro atoms. The van der Waals surface area contributed by atoms with Crippen molar-refractivity contribution in [2.75, 3.05) is 6.61 Å². The fraction of sp³-hybridized carbons (Fsp3) is 0.269. The first-order chi connectivity index (χ1) is 14.8. The van der Waals surface area contributed by atoms with Gasteiger partial charge in [-0.3, -0.25) is 4.79 Å². The van der Waals surface area contributed by atoms with Gasteiger partial charge in [-0.15, -0.1) is 0 Å². The Bertz CT molecular complexity index is 966. The lowest BCUT2D eigenvalue weighted by atomic mass is 10.1. The molecule has 31 heavy (non-hydrogen) atoms. The topological polar surface area (TPSA) is 39.4 Å². The molecule has 3 nitrogen and oxygen atoms in total. The molecule has 0 amide bonds. The van der Waals surface area contributed by atoms with Gasteiger partial charge in [0, 0.05) is 12.5 Å².